The molecule has 1 aromatic heterocycles. The van der Waals surface area contributed by atoms with Gasteiger partial charge in [0, 0.05) is 11.9 Å². The molecule has 14 heavy (non-hydrogen) atoms. The third kappa shape index (κ3) is 2.64. The maximum atomic E-state index is 6.06. The average molecular weight is 235 g/mol. The van der Waals surface area contributed by atoms with Crippen LogP contribution in [-0.4, -0.2) is 15.7 Å². The van der Waals surface area contributed by atoms with Gasteiger partial charge in [-0.15, -0.1) is 11.6 Å². The zero-order valence-electron chi connectivity index (χ0n) is 8.80. The van der Waals surface area contributed by atoms with Crippen LogP contribution in [0.15, 0.2) is 6.20 Å². The fourth-order valence-corrected chi connectivity index (χ4v) is 1.70. The highest BCUT2D eigenvalue weighted by atomic mass is 35.5. The molecule has 0 amide bonds. The number of nitrogens with zero attached hydrogens (tertiary/aromatic N) is 2. The number of alkyl halides is 1. The molecule has 80 valence electrons. The molecule has 0 N–H and O–H groups in total. The Labute approximate surface area is 95.2 Å². The predicted octanol–water partition coefficient (Wildman–Crippen LogP) is 3.53. The minimum atomic E-state index is 0.347. The summed E-state index contributed by atoms with van der Waals surface area (Å²) in [6.07, 6.45) is 2.60. The molecule has 1 unspecified atom stereocenters. The lowest BCUT2D eigenvalue weighted by Crippen LogP contribution is -2.11. The number of rotatable bonds is 4. The van der Waals surface area contributed by atoms with E-state index in [1.807, 2.05) is 4.68 Å². The van der Waals surface area contributed by atoms with Gasteiger partial charge in [-0.25, -0.2) is 0 Å². The van der Waals surface area contributed by atoms with Crippen molar-refractivity contribution in [1.82, 2.24) is 9.78 Å². The molecule has 0 bridgehead atoms. The molecule has 1 aromatic rings. The maximum absolute atomic E-state index is 6.06. The largest absolute Gasteiger partial charge is 0.266 e. The second-order valence-electron chi connectivity index (χ2n) is 3.94. The minimum Gasteiger partial charge on any atom is -0.266 e. The summed E-state index contributed by atoms with van der Waals surface area (Å²) in [4.78, 5) is 0. The molecule has 0 spiro atoms. The van der Waals surface area contributed by atoms with Crippen LogP contribution in [0.5, 0.6) is 0 Å². The van der Waals surface area contributed by atoms with Crippen LogP contribution in [0.25, 0.3) is 0 Å². The zero-order valence-corrected chi connectivity index (χ0v) is 10.3. The lowest BCUT2D eigenvalue weighted by atomic mass is 10.1. The first-order chi connectivity index (χ1) is 6.56. The Bertz CT molecular complexity index is 294. The van der Waals surface area contributed by atoms with Crippen LogP contribution >= 0.6 is 23.2 Å². The SMILES string of the molecule is CC(CCl)Cc1c(Cl)cnn1C(C)C. The van der Waals surface area contributed by atoms with Crippen LogP contribution in [-0.2, 0) is 6.42 Å². The van der Waals surface area contributed by atoms with Gasteiger partial charge in [-0.2, -0.15) is 5.10 Å². The number of halogens is 2. The summed E-state index contributed by atoms with van der Waals surface area (Å²) in [5, 5.41) is 4.99. The van der Waals surface area contributed by atoms with Crippen LogP contribution in [0.3, 0.4) is 0 Å². The monoisotopic (exact) mass is 234 g/mol. The molecule has 0 radical (unpaired) electrons. The van der Waals surface area contributed by atoms with Crippen molar-refractivity contribution in [2.24, 2.45) is 5.92 Å². The first kappa shape index (κ1) is 11.9. The van der Waals surface area contributed by atoms with Gasteiger partial charge in [0.05, 0.1) is 16.9 Å². The van der Waals surface area contributed by atoms with E-state index in [9.17, 15) is 0 Å². The van der Waals surface area contributed by atoms with E-state index in [0.717, 1.165) is 17.1 Å². The van der Waals surface area contributed by atoms with Crippen molar-refractivity contribution in [3.8, 4) is 0 Å². The number of hydrogen-bond acceptors (Lipinski definition) is 1. The highest BCUT2D eigenvalue weighted by Gasteiger charge is 2.13. The summed E-state index contributed by atoms with van der Waals surface area (Å²) in [5.41, 5.74) is 1.09. The van der Waals surface area contributed by atoms with Gasteiger partial charge in [0.2, 0.25) is 0 Å². The Hall–Kier alpha value is -0.210. The molecule has 1 rings (SSSR count). The smallest absolute Gasteiger partial charge is 0.0818 e. The Morgan fingerprint density at radius 1 is 1.43 bits per heavy atom. The molecule has 1 atom stereocenters. The summed E-state index contributed by atoms with van der Waals surface area (Å²) in [6.45, 7) is 6.30. The van der Waals surface area contributed by atoms with E-state index in [4.69, 9.17) is 23.2 Å². The molecule has 2 nitrogen and oxygen atoms in total. The quantitative estimate of drug-likeness (QED) is 0.730. The van der Waals surface area contributed by atoms with Crippen molar-refractivity contribution < 1.29 is 0 Å². The van der Waals surface area contributed by atoms with E-state index in [0.29, 0.717) is 17.8 Å². The van der Waals surface area contributed by atoms with Crippen molar-refractivity contribution in [2.45, 2.75) is 33.2 Å². The van der Waals surface area contributed by atoms with Crippen LogP contribution in [0, 0.1) is 5.92 Å². The van der Waals surface area contributed by atoms with Crippen molar-refractivity contribution in [3.05, 3.63) is 16.9 Å². The molecular formula is C10H16Cl2N2. The van der Waals surface area contributed by atoms with Crippen molar-refractivity contribution in [1.29, 1.82) is 0 Å². The van der Waals surface area contributed by atoms with Gasteiger partial charge in [0.15, 0.2) is 0 Å². The lowest BCUT2D eigenvalue weighted by molar-refractivity contribution is 0.490. The van der Waals surface area contributed by atoms with Gasteiger partial charge in [-0.05, 0) is 26.2 Å². The topological polar surface area (TPSA) is 17.8 Å². The first-order valence-electron chi connectivity index (χ1n) is 4.84. The van der Waals surface area contributed by atoms with Crippen LogP contribution < -0.4 is 0 Å². The molecule has 0 aliphatic carbocycles. The van der Waals surface area contributed by atoms with E-state index in [2.05, 4.69) is 25.9 Å². The van der Waals surface area contributed by atoms with Crippen molar-refractivity contribution in [2.75, 3.05) is 5.88 Å². The van der Waals surface area contributed by atoms with E-state index in [1.54, 1.807) is 6.20 Å². The van der Waals surface area contributed by atoms with Gasteiger partial charge in [-0.1, -0.05) is 18.5 Å². The molecule has 0 aromatic carbocycles. The Kier molecular flexibility index (Phi) is 4.27. The molecular weight excluding hydrogens is 219 g/mol. The van der Waals surface area contributed by atoms with Gasteiger partial charge in [0.1, 0.15) is 0 Å². The number of aromatic nitrogens is 2. The fraction of sp³-hybridized carbons (Fsp3) is 0.700. The van der Waals surface area contributed by atoms with E-state index in [1.165, 1.54) is 0 Å². The Morgan fingerprint density at radius 2 is 2.07 bits per heavy atom. The van der Waals surface area contributed by atoms with Crippen LogP contribution in [0.1, 0.15) is 32.5 Å². The van der Waals surface area contributed by atoms with Gasteiger partial charge < -0.3 is 0 Å². The highest BCUT2D eigenvalue weighted by molar-refractivity contribution is 6.31. The molecule has 0 saturated carbocycles. The molecule has 1 heterocycles. The maximum Gasteiger partial charge on any atom is 0.0818 e. The predicted molar refractivity (Wildman–Crippen MR) is 61.2 cm³/mol. The highest BCUT2D eigenvalue weighted by Crippen LogP contribution is 2.22. The average Bonchev–Trinajstić information content (AvgIpc) is 2.48. The zero-order chi connectivity index (χ0) is 10.7. The van der Waals surface area contributed by atoms with Gasteiger partial charge >= 0.3 is 0 Å². The molecule has 0 fully saturated rings. The minimum absolute atomic E-state index is 0.347. The van der Waals surface area contributed by atoms with Crippen LogP contribution in [0.2, 0.25) is 5.02 Å². The van der Waals surface area contributed by atoms with E-state index < -0.39 is 0 Å². The summed E-state index contributed by atoms with van der Waals surface area (Å²) in [7, 11) is 0. The molecule has 0 saturated heterocycles. The third-order valence-electron chi connectivity index (χ3n) is 2.14. The fourth-order valence-electron chi connectivity index (χ4n) is 1.39. The number of hydrogen-bond donors (Lipinski definition) is 0. The Balaban J connectivity index is 2.88. The second-order valence-corrected chi connectivity index (χ2v) is 4.66. The standard InChI is InChI=1S/C10H16Cl2N2/c1-7(2)14-10(4-8(3)5-11)9(12)6-13-14/h6-8H,4-5H2,1-3H3. The first-order valence-corrected chi connectivity index (χ1v) is 5.75. The van der Waals surface area contributed by atoms with Gasteiger partial charge in [-0.3, -0.25) is 4.68 Å². The third-order valence-corrected chi connectivity index (χ3v) is 2.98. The summed E-state index contributed by atoms with van der Waals surface area (Å²) >= 11 is 11.8. The van der Waals surface area contributed by atoms with Crippen LogP contribution in [0.4, 0.5) is 0 Å². The summed E-state index contributed by atoms with van der Waals surface area (Å²) in [5.74, 6) is 1.09. The summed E-state index contributed by atoms with van der Waals surface area (Å²) < 4.78 is 1.96. The van der Waals surface area contributed by atoms with Gasteiger partial charge in [0.25, 0.3) is 0 Å². The summed E-state index contributed by atoms with van der Waals surface area (Å²) in [6, 6.07) is 0.347. The lowest BCUT2D eigenvalue weighted by Gasteiger charge is -2.13. The normalized spacial score (nSPS) is 13.6. The van der Waals surface area contributed by atoms with Crippen molar-refractivity contribution >= 4 is 23.2 Å². The second kappa shape index (κ2) is 5.04. The van der Waals surface area contributed by atoms with E-state index in [-0.39, 0.29) is 0 Å². The Morgan fingerprint density at radius 3 is 2.57 bits per heavy atom. The van der Waals surface area contributed by atoms with Crippen molar-refractivity contribution in [3.63, 3.8) is 0 Å². The molecule has 0 aliphatic heterocycles. The molecule has 4 heteroatoms. The van der Waals surface area contributed by atoms with E-state index >= 15 is 0 Å². The molecule has 0 aliphatic rings.